The van der Waals surface area contributed by atoms with E-state index in [1.165, 1.54) is 17.5 Å². The summed E-state index contributed by atoms with van der Waals surface area (Å²) in [4.78, 5) is 0. The van der Waals surface area contributed by atoms with Gasteiger partial charge < -0.3 is 14.9 Å². The van der Waals surface area contributed by atoms with Crippen molar-refractivity contribution in [3.63, 3.8) is 0 Å². The van der Waals surface area contributed by atoms with Gasteiger partial charge in [0.25, 0.3) is 0 Å². The van der Waals surface area contributed by atoms with Gasteiger partial charge in [-0.15, -0.1) is 0 Å². The predicted octanol–water partition coefficient (Wildman–Crippen LogP) is 3.66. The Labute approximate surface area is 145 Å². The van der Waals surface area contributed by atoms with Crippen LogP contribution in [0.3, 0.4) is 0 Å². The van der Waals surface area contributed by atoms with Crippen molar-refractivity contribution >= 4 is 0 Å². The van der Waals surface area contributed by atoms with Gasteiger partial charge in [-0.2, -0.15) is 0 Å². The molecule has 2 saturated carbocycles. The molecule has 0 bridgehead atoms. The zero-order valence-electron chi connectivity index (χ0n) is 14.9. The van der Waals surface area contributed by atoms with Crippen molar-refractivity contribution in [2.45, 2.75) is 63.4 Å². The van der Waals surface area contributed by atoms with Crippen LogP contribution in [-0.2, 0) is 6.42 Å². The highest BCUT2D eigenvalue weighted by Crippen LogP contribution is 2.64. The third-order valence-electron chi connectivity index (χ3n) is 7.78. The first-order chi connectivity index (χ1) is 11.5. The number of hydrogen-bond donors (Lipinski definition) is 2. The summed E-state index contributed by atoms with van der Waals surface area (Å²) in [5.41, 5.74) is 2.29. The molecule has 0 saturated heterocycles. The minimum Gasteiger partial charge on any atom is -0.497 e. The van der Waals surface area contributed by atoms with Crippen LogP contribution in [0.4, 0.5) is 0 Å². The summed E-state index contributed by atoms with van der Waals surface area (Å²) in [6.07, 6.45) is 7.07. The van der Waals surface area contributed by atoms with Crippen molar-refractivity contribution in [2.24, 2.45) is 17.3 Å². The Kier molecular flexibility index (Phi) is 3.92. The number of hydrogen-bond acceptors (Lipinski definition) is 3. The highest BCUT2D eigenvalue weighted by molar-refractivity contribution is 5.40. The monoisotopic (exact) mass is 330 g/mol. The highest BCUT2D eigenvalue weighted by Gasteiger charge is 2.60. The predicted molar refractivity (Wildman–Crippen MR) is 94.3 cm³/mol. The van der Waals surface area contributed by atoms with Gasteiger partial charge in [-0.25, -0.2) is 0 Å². The maximum Gasteiger partial charge on any atom is 0.119 e. The lowest BCUT2D eigenvalue weighted by atomic mass is 9.53. The summed E-state index contributed by atoms with van der Waals surface area (Å²) in [6.45, 7) is 2.38. The summed E-state index contributed by atoms with van der Waals surface area (Å²) < 4.78 is 5.40. The molecule has 0 heterocycles. The van der Waals surface area contributed by atoms with Crippen LogP contribution in [0.15, 0.2) is 18.2 Å². The molecule has 0 aromatic heterocycles. The summed E-state index contributed by atoms with van der Waals surface area (Å²) >= 11 is 0. The van der Waals surface area contributed by atoms with Gasteiger partial charge in [0.05, 0.1) is 12.7 Å². The van der Waals surface area contributed by atoms with E-state index in [2.05, 4.69) is 25.1 Å². The zero-order chi connectivity index (χ0) is 16.9. The third kappa shape index (κ3) is 2.17. The molecule has 132 valence electrons. The Hall–Kier alpha value is -1.06. The fourth-order valence-electron chi connectivity index (χ4n) is 6.39. The Morgan fingerprint density at radius 3 is 2.79 bits per heavy atom. The summed E-state index contributed by atoms with van der Waals surface area (Å²) in [5, 5.41) is 20.7. The maximum absolute atomic E-state index is 11.2. The molecule has 3 aliphatic carbocycles. The smallest absolute Gasteiger partial charge is 0.119 e. The first-order valence-electron chi connectivity index (χ1n) is 9.52. The Morgan fingerprint density at radius 2 is 2.04 bits per heavy atom. The quantitative estimate of drug-likeness (QED) is 0.889. The second-order valence-electron chi connectivity index (χ2n) is 8.48. The SMILES string of the molecule is COc1ccc2c(c1)CC[C@@H]1[C@@H]2CC[C@@]2(C)[C@H]1CC[C@@]2(O)CCO. The number of rotatable bonds is 3. The molecule has 0 amide bonds. The van der Waals surface area contributed by atoms with Crippen molar-refractivity contribution in [1.82, 2.24) is 0 Å². The maximum atomic E-state index is 11.2. The lowest BCUT2D eigenvalue weighted by Gasteiger charge is -2.53. The van der Waals surface area contributed by atoms with Gasteiger partial charge in [-0.05, 0) is 91.4 Å². The summed E-state index contributed by atoms with van der Waals surface area (Å²) in [5.74, 6) is 2.86. The van der Waals surface area contributed by atoms with Gasteiger partial charge in [0.15, 0.2) is 0 Å². The lowest BCUT2D eigenvalue weighted by molar-refractivity contribution is -0.112. The molecular formula is C21H30O3. The van der Waals surface area contributed by atoms with E-state index in [0.717, 1.165) is 37.9 Å². The van der Waals surface area contributed by atoms with Crippen LogP contribution in [0.25, 0.3) is 0 Å². The minimum absolute atomic E-state index is 0.0269. The van der Waals surface area contributed by atoms with Crippen molar-refractivity contribution in [3.8, 4) is 5.75 Å². The lowest BCUT2D eigenvalue weighted by Crippen LogP contribution is -2.51. The van der Waals surface area contributed by atoms with Crippen molar-refractivity contribution in [1.29, 1.82) is 0 Å². The zero-order valence-corrected chi connectivity index (χ0v) is 14.9. The highest BCUT2D eigenvalue weighted by atomic mass is 16.5. The number of benzene rings is 1. The van der Waals surface area contributed by atoms with Gasteiger partial charge in [-0.1, -0.05) is 13.0 Å². The average Bonchev–Trinajstić information content (AvgIpc) is 2.86. The molecule has 4 rings (SSSR count). The Morgan fingerprint density at radius 1 is 1.21 bits per heavy atom. The molecule has 0 spiro atoms. The number of aliphatic hydroxyl groups excluding tert-OH is 1. The number of methoxy groups -OCH3 is 1. The summed E-state index contributed by atoms with van der Waals surface area (Å²) in [7, 11) is 1.74. The Bertz CT molecular complexity index is 628. The van der Waals surface area contributed by atoms with E-state index in [9.17, 15) is 10.2 Å². The molecule has 24 heavy (non-hydrogen) atoms. The van der Waals surface area contributed by atoms with E-state index in [-0.39, 0.29) is 12.0 Å². The van der Waals surface area contributed by atoms with E-state index in [1.807, 2.05) is 0 Å². The van der Waals surface area contributed by atoms with Crippen molar-refractivity contribution in [2.75, 3.05) is 13.7 Å². The minimum atomic E-state index is -0.669. The topological polar surface area (TPSA) is 49.7 Å². The van der Waals surface area contributed by atoms with E-state index < -0.39 is 5.60 Å². The summed E-state index contributed by atoms with van der Waals surface area (Å²) in [6, 6.07) is 6.60. The third-order valence-corrected chi connectivity index (χ3v) is 7.78. The van der Waals surface area contributed by atoms with Gasteiger partial charge in [0, 0.05) is 6.61 Å². The first-order valence-corrected chi connectivity index (χ1v) is 9.52. The normalized spacial score (nSPS) is 40.6. The van der Waals surface area contributed by atoms with Crippen molar-refractivity contribution < 1.29 is 14.9 Å². The van der Waals surface area contributed by atoms with Crippen LogP contribution in [0.1, 0.15) is 62.5 Å². The van der Waals surface area contributed by atoms with Gasteiger partial charge in [0.2, 0.25) is 0 Å². The number of ether oxygens (including phenoxy) is 1. The van der Waals surface area contributed by atoms with E-state index in [1.54, 1.807) is 7.11 Å². The number of aryl methyl sites for hydroxylation is 1. The van der Waals surface area contributed by atoms with Crippen LogP contribution < -0.4 is 4.74 Å². The average molecular weight is 330 g/mol. The Balaban J connectivity index is 1.65. The molecule has 3 heteroatoms. The standard InChI is InChI=1S/C21H30O3/c1-20-9-7-17-16-6-4-15(24-2)13-14(16)3-5-18(17)19(20)8-10-21(20,23)11-12-22/h4,6,13,17-19,22-23H,3,5,7-12H2,1-2H3/t17-,18-,19+,20+,21-/m1/s1. The van der Waals surface area contributed by atoms with E-state index in [0.29, 0.717) is 24.2 Å². The molecule has 3 aliphatic rings. The molecular weight excluding hydrogens is 300 g/mol. The van der Waals surface area contributed by atoms with Gasteiger partial charge in [0.1, 0.15) is 5.75 Å². The van der Waals surface area contributed by atoms with Crippen LogP contribution >= 0.6 is 0 Å². The first kappa shape index (κ1) is 16.4. The molecule has 5 atom stereocenters. The molecule has 0 aliphatic heterocycles. The van der Waals surface area contributed by atoms with Crippen LogP contribution in [-0.4, -0.2) is 29.5 Å². The molecule has 0 radical (unpaired) electrons. The molecule has 2 fully saturated rings. The van der Waals surface area contributed by atoms with E-state index in [4.69, 9.17) is 4.74 Å². The number of fused-ring (bicyclic) bond motifs is 5. The fraction of sp³-hybridized carbons (Fsp3) is 0.714. The molecule has 0 unspecified atom stereocenters. The molecule has 1 aromatic carbocycles. The van der Waals surface area contributed by atoms with Gasteiger partial charge >= 0.3 is 0 Å². The van der Waals surface area contributed by atoms with Gasteiger partial charge in [-0.3, -0.25) is 0 Å². The largest absolute Gasteiger partial charge is 0.497 e. The number of aliphatic hydroxyl groups is 2. The molecule has 3 nitrogen and oxygen atoms in total. The van der Waals surface area contributed by atoms with E-state index >= 15 is 0 Å². The van der Waals surface area contributed by atoms with Crippen LogP contribution in [0.2, 0.25) is 0 Å². The van der Waals surface area contributed by atoms with Crippen LogP contribution in [0.5, 0.6) is 5.75 Å². The fourth-order valence-corrected chi connectivity index (χ4v) is 6.39. The molecule has 1 aromatic rings. The second kappa shape index (κ2) is 5.74. The molecule has 2 N–H and O–H groups in total. The van der Waals surface area contributed by atoms with Crippen molar-refractivity contribution in [3.05, 3.63) is 29.3 Å². The van der Waals surface area contributed by atoms with Crippen LogP contribution in [0, 0.1) is 17.3 Å². The second-order valence-corrected chi connectivity index (χ2v) is 8.48.